The molecule has 1 unspecified atom stereocenters. The van der Waals surface area contributed by atoms with Crippen molar-refractivity contribution in [3.8, 4) is 0 Å². The Hall–Kier alpha value is -3.01. The van der Waals surface area contributed by atoms with Crippen molar-refractivity contribution >= 4 is 38.2 Å². The number of thiophene rings is 1. The summed E-state index contributed by atoms with van der Waals surface area (Å²) in [6, 6.07) is 16.5. The fourth-order valence-corrected chi connectivity index (χ4v) is 7.71. The first-order valence-electron chi connectivity index (χ1n) is 12.7. The van der Waals surface area contributed by atoms with Gasteiger partial charge in [-0.3, -0.25) is 9.78 Å². The third-order valence-corrected chi connectivity index (χ3v) is 10.2. The van der Waals surface area contributed by atoms with Crippen LogP contribution in [0.2, 0.25) is 0 Å². The first kappa shape index (κ1) is 25.6. The molecular weight excluding hydrogens is 504 g/mol. The maximum absolute atomic E-state index is 14.1. The van der Waals surface area contributed by atoms with Crippen molar-refractivity contribution in [2.24, 2.45) is 5.92 Å². The average molecular weight is 537 g/mol. The van der Waals surface area contributed by atoms with Crippen LogP contribution in [0.15, 0.2) is 76.6 Å². The number of pyridine rings is 1. The lowest BCUT2D eigenvalue weighted by Gasteiger charge is -2.35. The third kappa shape index (κ3) is 5.63. The van der Waals surface area contributed by atoms with E-state index in [0.29, 0.717) is 0 Å². The number of para-hydroxylation sites is 1. The summed E-state index contributed by atoms with van der Waals surface area (Å²) < 4.78 is 29.7. The molecule has 1 aromatic carbocycles. The molecule has 3 N–H and O–H groups in total. The normalized spacial score (nSPS) is 17.3. The highest BCUT2D eigenvalue weighted by atomic mass is 32.2. The molecule has 194 valence electrons. The maximum atomic E-state index is 14.1. The Balaban J connectivity index is 1.50. The van der Waals surface area contributed by atoms with Crippen LogP contribution in [-0.2, 0) is 21.2 Å². The van der Waals surface area contributed by atoms with E-state index < -0.39 is 15.6 Å². The van der Waals surface area contributed by atoms with Crippen LogP contribution in [0.1, 0.15) is 56.3 Å². The Labute approximate surface area is 221 Å². The van der Waals surface area contributed by atoms with Crippen molar-refractivity contribution in [2.75, 3.05) is 0 Å². The smallest absolute Gasteiger partial charge is 0.251 e. The number of hydrogen-bond acceptors (Lipinski definition) is 5. The molecule has 37 heavy (non-hydrogen) atoms. The van der Waals surface area contributed by atoms with Gasteiger partial charge in [0.25, 0.3) is 10.0 Å². The van der Waals surface area contributed by atoms with Gasteiger partial charge >= 0.3 is 0 Å². The molecule has 2 atom stereocenters. The minimum atomic E-state index is -3.92. The van der Waals surface area contributed by atoms with Gasteiger partial charge in [-0.2, -0.15) is 4.72 Å². The van der Waals surface area contributed by atoms with Gasteiger partial charge in [-0.25, -0.2) is 8.42 Å². The largest absolute Gasteiger partial charge is 0.361 e. The average Bonchev–Trinajstić information content (AvgIpc) is 3.59. The van der Waals surface area contributed by atoms with Crippen LogP contribution in [0.25, 0.3) is 10.9 Å². The summed E-state index contributed by atoms with van der Waals surface area (Å²) in [5.74, 6) is -0.113. The van der Waals surface area contributed by atoms with Gasteiger partial charge in [0.2, 0.25) is 5.91 Å². The van der Waals surface area contributed by atoms with Crippen molar-refractivity contribution in [3.05, 3.63) is 83.6 Å². The zero-order valence-corrected chi connectivity index (χ0v) is 22.4. The summed E-state index contributed by atoms with van der Waals surface area (Å²) in [4.78, 5) is 21.9. The second kappa shape index (κ2) is 10.8. The second-order valence-corrected chi connectivity index (χ2v) is 12.9. The predicted octanol–water partition coefficient (Wildman–Crippen LogP) is 5.34. The lowest BCUT2D eigenvalue weighted by Crippen LogP contribution is -2.59. The van der Waals surface area contributed by atoms with Gasteiger partial charge in [-0.05, 0) is 60.9 Å². The van der Waals surface area contributed by atoms with Crippen LogP contribution in [0.4, 0.5) is 0 Å². The Morgan fingerprint density at radius 2 is 1.89 bits per heavy atom. The first-order valence-corrected chi connectivity index (χ1v) is 15.1. The van der Waals surface area contributed by atoms with Gasteiger partial charge < -0.3 is 10.3 Å². The van der Waals surface area contributed by atoms with Gasteiger partial charge in [0, 0.05) is 29.7 Å². The Morgan fingerprint density at radius 3 is 2.62 bits per heavy atom. The Kier molecular flexibility index (Phi) is 7.46. The number of rotatable bonds is 9. The molecule has 1 aliphatic rings. The van der Waals surface area contributed by atoms with E-state index in [9.17, 15) is 13.2 Å². The minimum Gasteiger partial charge on any atom is -0.361 e. The molecular formula is C28H32N4O3S2. The van der Waals surface area contributed by atoms with Crippen molar-refractivity contribution in [1.29, 1.82) is 0 Å². The topological polar surface area (TPSA) is 104 Å². The molecule has 1 aliphatic carbocycles. The molecule has 3 aromatic heterocycles. The monoisotopic (exact) mass is 536 g/mol. The van der Waals surface area contributed by atoms with Crippen molar-refractivity contribution < 1.29 is 13.2 Å². The number of fused-ring (bicyclic) bond motifs is 1. The number of amides is 1. The minimum absolute atomic E-state index is 0.180. The highest BCUT2D eigenvalue weighted by Crippen LogP contribution is 2.35. The summed E-state index contributed by atoms with van der Waals surface area (Å²) in [7, 11) is -3.92. The number of carbonyl (C=O) groups is 1. The molecule has 3 heterocycles. The summed E-state index contributed by atoms with van der Waals surface area (Å²) in [6.45, 7) is 1.67. The molecule has 7 nitrogen and oxygen atoms in total. The van der Waals surface area contributed by atoms with Crippen LogP contribution >= 0.6 is 11.3 Å². The van der Waals surface area contributed by atoms with Crippen molar-refractivity contribution in [1.82, 2.24) is 20.0 Å². The highest BCUT2D eigenvalue weighted by molar-refractivity contribution is 7.91. The number of aromatic nitrogens is 2. The number of hydrogen-bond donors (Lipinski definition) is 3. The highest BCUT2D eigenvalue weighted by Gasteiger charge is 2.41. The number of sulfonamides is 1. The zero-order chi connectivity index (χ0) is 25.9. The van der Waals surface area contributed by atoms with Crippen LogP contribution in [0, 0.1) is 5.92 Å². The van der Waals surface area contributed by atoms with E-state index in [1.807, 2.05) is 48.7 Å². The number of carbonyl (C=O) groups excluding carboxylic acids is 1. The summed E-state index contributed by atoms with van der Waals surface area (Å²) in [5, 5.41) is 5.91. The van der Waals surface area contributed by atoms with Gasteiger partial charge in [-0.1, -0.05) is 49.6 Å². The van der Waals surface area contributed by atoms with Crippen LogP contribution in [0.3, 0.4) is 0 Å². The van der Waals surface area contributed by atoms with Crippen LogP contribution < -0.4 is 10.0 Å². The SMILES string of the molecule is C[C@@](Cc1c[nH]c2ccccc12)(NS(=O)(=O)c1cccs1)C(=O)NC(c1ccccn1)C1CCCCC1. The number of nitrogens with one attached hydrogen (secondary N) is 3. The molecule has 0 bridgehead atoms. The van der Waals surface area contributed by atoms with Crippen molar-refractivity contribution in [3.63, 3.8) is 0 Å². The van der Waals surface area contributed by atoms with Gasteiger partial charge in [0.05, 0.1) is 11.7 Å². The standard InChI is InChI=1S/C28H32N4O3S2/c1-28(32-37(34,35)25-15-9-17-36-25,18-21-19-30-23-13-6-5-12-22(21)23)27(33)31-26(20-10-3-2-4-11-20)24-14-7-8-16-29-24/h5-9,12-17,19-20,26,30,32H,2-4,10-11,18H2,1H3,(H,31,33)/t26?,28-/m0/s1. The van der Waals surface area contributed by atoms with E-state index in [1.54, 1.807) is 30.6 Å². The predicted molar refractivity (Wildman–Crippen MR) is 147 cm³/mol. The summed E-state index contributed by atoms with van der Waals surface area (Å²) in [5.41, 5.74) is 1.18. The number of benzene rings is 1. The summed E-state index contributed by atoms with van der Waals surface area (Å²) >= 11 is 1.13. The molecule has 5 rings (SSSR count). The first-order chi connectivity index (χ1) is 17.9. The molecule has 0 saturated heterocycles. The number of H-pyrrole nitrogens is 1. The molecule has 1 amide bonds. The van der Waals surface area contributed by atoms with E-state index >= 15 is 0 Å². The van der Waals surface area contributed by atoms with E-state index in [0.717, 1.165) is 59.2 Å². The Bertz CT molecular complexity index is 1450. The fraction of sp³-hybridized carbons (Fsp3) is 0.357. The zero-order valence-electron chi connectivity index (χ0n) is 20.8. The van der Waals surface area contributed by atoms with Gasteiger partial charge in [-0.15, -0.1) is 11.3 Å². The summed E-state index contributed by atoms with van der Waals surface area (Å²) in [6.07, 6.45) is 9.20. The molecule has 0 aliphatic heterocycles. The lowest BCUT2D eigenvalue weighted by molar-refractivity contribution is -0.127. The lowest BCUT2D eigenvalue weighted by atomic mass is 9.82. The molecule has 0 spiro atoms. The van der Waals surface area contributed by atoms with Crippen LogP contribution in [-0.4, -0.2) is 29.8 Å². The van der Waals surface area contributed by atoms with Crippen molar-refractivity contribution in [2.45, 2.75) is 61.2 Å². The van der Waals surface area contributed by atoms with E-state index in [2.05, 4.69) is 20.0 Å². The second-order valence-electron chi connectivity index (χ2n) is 10.0. The van der Waals surface area contributed by atoms with Crippen LogP contribution in [0.5, 0.6) is 0 Å². The van der Waals surface area contributed by atoms with Gasteiger partial charge in [0.1, 0.15) is 9.75 Å². The third-order valence-electron chi connectivity index (χ3n) is 7.25. The van der Waals surface area contributed by atoms with Gasteiger partial charge in [0.15, 0.2) is 0 Å². The molecule has 1 fully saturated rings. The fourth-order valence-electron chi connectivity index (χ4n) is 5.35. The molecule has 4 aromatic rings. The number of nitrogens with zero attached hydrogens (tertiary/aromatic N) is 1. The molecule has 1 saturated carbocycles. The maximum Gasteiger partial charge on any atom is 0.251 e. The molecule has 9 heteroatoms. The quantitative estimate of drug-likeness (QED) is 0.269. The Morgan fingerprint density at radius 1 is 1.11 bits per heavy atom. The molecule has 0 radical (unpaired) electrons. The van der Waals surface area contributed by atoms with E-state index in [1.165, 1.54) is 6.42 Å². The van der Waals surface area contributed by atoms with E-state index in [-0.39, 0.29) is 28.5 Å². The number of aromatic amines is 1. The van der Waals surface area contributed by atoms with E-state index in [4.69, 9.17) is 0 Å².